The summed E-state index contributed by atoms with van der Waals surface area (Å²) >= 11 is 0. The van der Waals surface area contributed by atoms with E-state index < -0.39 is 5.97 Å². The van der Waals surface area contributed by atoms with Gasteiger partial charge in [-0.05, 0) is 35.8 Å². The first-order chi connectivity index (χ1) is 13.1. The van der Waals surface area contributed by atoms with Gasteiger partial charge in [-0.15, -0.1) is 0 Å². The molecule has 0 heterocycles. The van der Waals surface area contributed by atoms with Crippen LogP contribution in [0.5, 0.6) is 11.5 Å². The number of benzene rings is 2. The van der Waals surface area contributed by atoms with Gasteiger partial charge in [-0.3, -0.25) is 4.79 Å². The lowest BCUT2D eigenvalue weighted by molar-refractivity contribution is -0.136. The molecular formula is C22H24O5. The molecule has 5 heteroatoms. The first kappa shape index (κ1) is 20.2. The molecule has 2 aromatic carbocycles. The van der Waals surface area contributed by atoms with Crippen LogP contribution in [0.4, 0.5) is 0 Å². The van der Waals surface area contributed by atoms with Crippen molar-refractivity contribution in [3.63, 3.8) is 0 Å². The number of ether oxygens (including phenoxy) is 3. The molecule has 27 heavy (non-hydrogen) atoms. The van der Waals surface area contributed by atoms with Crippen molar-refractivity contribution in [3.05, 3.63) is 65.7 Å². The van der Waals surface area contributed by atoms with Crippen LogP contribution in [-0.2, 0) is 14.3 Å². The first-order valence-corrected chi connectivity index (χ1v) is 8.79. The molecule has 0 aliphatic carbocycles. The molecular weight excluding hydrogens is 344 g/mol. The molecule has 142 valence electrons. The molecule has 0 spiro atoms. The molecule has 0 fully saturated rings. The zero-order valence-corrected chi connectivity index (χ0v) is 15.8. The van der Waals surface area contributed by atoms with Crippen LogP contribution in [0.3, 0.4) is 0 Å². The maximum absolute atomic E-state index is 12.8. The Bertz CT molecular complexity index is 796. The number of rotatable bonds is 8. The summed E-state index contributed by atoms with van der Waals surface area (Å²) in [6.07, 6.45) is 4.48. The Balaban J connectivity index is 2.20. The van der Waals surface area contributed by atoms with Crippen LogP contribution in [0.1, 0.15) is 36.8 Å². The highest BCUT2D eigenvalue weighted by Crippen LogP contribution is 2.31. The topological polar surface area (TPSA) is 61.8 Å². The van der Waals surface area contributed by atoms with Crippen molar-refractivity contribution in [3.8, 4) is 11.5 Å². The van der Waals surface area contributed by atoms with Crippen molar-refractivity contribution in [1.29, 1.82) is 0 Å². The molecule has 5 nitrogen and oxygen atoms in total. The van der Waals surface area contributed by atoms with E-state index >= 15 is 0 Å². The summed E-state index contributed by atoms with van der Waals surface area (Å²) in [4.78, 5) is 24.0. The summed E-state index contributed by atoms with van der Waals surface area (Å²) in [5, 5.41) is 0. The normalized spacial score (nSPS) is 11.8. The van der Waals surface area contributed by atoms with E-state index in [9.17, 15) is 9.59 Å². The molecule has 0 aliphatic heterocycles. The van der Waals surface area contributed by atoms with Crippen LogP contribution < -0.4 is 9.47 Å². The zero-order chi connectivity index (χ0) is 19.6. The van der Waals surface area contributed by atoms with Crippen LogP contribution >= 0.6 is 0 Å². The molecule has 0 amide bonds. The van der Waals surface area contributed by atoms with E-state index in [4.69, 9.17) is 9.47 Å². The number of hydrogen-bond donors (Lipinski definition) is 0. The second-order valence-corrected chi connectivity index (χ2v) is 5.94. The van der Waals surface area contributed by atoms with E-state index in [1.165, 1.54) is 20.3 Å². The van der Waals surface area contributed by atoms with E-state index in [1.54, 1.807) is 24.3 Å². The molecule has 0 radical (unpaired) electrons. The van der Waals surface area contributed by atoms with Gasteiger partial charge in [0.1, 0.15) is 0 Å². The summed E-state index contributed by atoms with van der Waals surface area (Å²) in [7, 11) is 2.82. The van der Waals surface area contributed by atoms with Gasteiger partial charge in [-0.1, -0.05) is 49.7 Å². The molecule has 0 saturated carbocycles. The molecule has 0 saturated heterocycles. The standard InChI is InChI=1S/C22H24O5/c1-4-8-18(17-9-6-5-7-10-17)22(24)27-19-13-11-16(15-20(19)25-2)12-14-21(23)26-3/h5-7,9-15,18H,4,8H2,1-3H3/b14-12+. The number of carbonyl (C=O) groups is 2. The minimum Gasteiger partial charge on any atom is -0.493 e. The molecule has 1 atom stereocenters. The number of hydrogen-bond acceptors (Lipinski definition) is 5. The second-order valence-electron chi connectivity index (χ2n) is 5.94. The summed E-state index contributed by atoms with van der Waals surface area (Å²) in [5.41, 5.74) is 1.66. The van der Waals surface area contributed by atoms with E-state index in [0.29, 0.717) is 17.9 Å². The van der Waals surface area contributed by atoms with Crippen LogP contribution in [-0.4, -0.2) is 26.2 Å². The predicted molar refractivity (Wildman–Crippen MR) is 104 cm³/mol. The molecule has 0 aromatic heterocycles. The van der Waals surface area contributed by atoms with Crippen LogP contribution in [0.15, 0.2) is 54.6 Å². The molecule has 0 bridgehead atoms. The van der Waals surface area contributed by atoms with Gasteiger partial charge in [0.2, 0.25) is 0 Å². The van der Waals surface area contributed by atoms with Gasteiger partial charge in [0.15, 0.2) is 11.5 Å². The van der Waals surface area contributed by atoms with Crippen molar-refractivity contribution in [2.24, 2.45) is 0 Å². The molecule has 2 aromatic rings. The first-order valence-electron chi connectivity index (χ1n) is 8.79. The van der Waals surface area contributed by atoms with Crippen LogP contribution in [0, 0.1) is 0 Å². The number of carbonyl (C=O) groups excluding carboxylic acids is 2. The molecule has 0 aliphatic rings. The quantitative estimate of drug-likeness (QED) is 0.393. The monoisotopic (exact) mass is 368 g/mol. The van der Waals surface area contributed by atoms with Gasteiger partial charge in [0.25, 0.3) is 0 Å². The van der Waals surface area contributed by atoms with Gasteiger partial charge in [-0.2, -0.15) is 0 Å². The van der Waals surface area contributed by atoms with Crippen molar-refractivity contribution >= 4 is 18.0 Å². The van der Waals surface area contributed by atoms with Crippen molar-refractivity contribution in [2.45, 2.75) is 25.7 Å². The zero-order valence-electron chi connectivity index (χ0n) is 15.8. The number of esters is 2. The van der Waals surface area contributed by atoms with Gasteiger partial charge in [0.05, 0.1) is 20.1 Å². The lowest BCUT2D eigenvalue weighted by Gasteiger charge is -2.17. The lowest BCUT2D eigenvalue weighted by atomic mass is 9.95. The van der Waals surface area contributed by atoms with Crippen LogP contribution in [0.2, 0.25) is 0 Å². The largest absolute Gasteiger partial charge is 0.493 e. The Labute approximate surface area is 159 Å². The minimum absolute atomic E-state index is 0.320. The highest BCUT2D eigenvalue weighted by Gasteiger charge is 2.23. The average molecular weight is 368 g/mol. The Morgan fingerprint density at radius 3 is 2.41 bits per heavy atom. The Morgan fingerprint density at radius 2 is 1.78 bits per heavy atom. The van der Waals surface area contributed by atoms with Crippen molar-refractivity contribution in [1.82, 2.24) is 0 Å². The predicted octanol–water partition coefficient (Wildman–Crippen LogP) is 4.37. The summed E-state index contributed by atoms with van der Waals surface area (Å²) in [6.45, 7) is 2.03. The highest BCUT2D eigenvalue weighted by atomic mass is 16.6. The minimum atomic E-state index is -0.449. The fourth-order valence-corrected chi connectivity index (χ4v) is 2.68. The van der Waals surface area contributed by atoms with Gasteiger partial charge in [-0.25, -0.2) is 4.79 Å². The Kier molecular flexibility index (Phi) is 7.62. The molecule has 2 rings (SSSR count). The SMILES string of the molecule is CCCC(C(=O)Oc1ccc(/C=C/C(=O)OC)cc1OC)c1ccccc1. The highest BCUT2D eigenvalue weighted by molar-refractivity contribution is 5.87. The third-order valence-corrected chi connectivity index (χ3v) is 4.08. The van der Waals surface area contributed by atoms with Crippen LogP contribution in [0.25, 0.3) is 6.08 Å². The Hall–Kier alpha value is -3.08. The van der Waals surface area contributed by atoms with E-state index in [-0.39, 0.29) is 11.9 Å². The summed E-state index contributed by atoms with van der Waals surface area (Å²) < 4.78 is 15.5. The van der Waals surface area contributed by atoms with E-state index in [0.717, 1.165) is 17.5 Å². The smallest absolute Gasteiger partial charge is 0.330 e. The average Bonchev–Trinajstić information content (AvgIpc) is 2.71. The molecule has 0 N–H and O–H groups in total. The second kappa shape index (κ2) is 10.2. The fourth-order valence-electron chi connectivity index (χ4n) is 2.68. The fraction of sp³-hybridized carbons (Fsp3) is 0.273. The Morgan fingerprint density at radius 1 is 1.04 bits per heavy atom. The van der Waals surface area contributed by atoms with Gasteiger partial charge < -0.3 is 14.2 Å². The lowest BCUT2D eigenvalue weighted by Crippen LogP contribution is -2.19. The van der Waals surface area contributed by atoms with Crippen molar-refractivity contribution < 1.29 is 23.8 Å². The number of methoxy groups -OCH3 is 2. The molecule has 1 unspecified atom stereocenters. The maximum atomic E-state index is 12.8. The third kappa shape index (κ3) is 5.71. The van der Waals surface area contributed by atoms with E-state index in [2.05, 4.69) is 4.74 Å². The van der Waals surface area contributed by atoms with Gasteiger partial charge >= 0.3 is 11.9 Å². The van der Waals surface area contributed by atoms with Gasteiger partial charge in [0, 0.05) is 6.08 Å². The summed E-state index contributed by atoms with van der Waals surface area (Å²) in [6, 6.07) is 14.7. The summed E-state index contributed by atoms with van der Waals surface area (Å²) in [5.74, 6) is -0.345. The van der Waals surface area contributed by atoms with Crippen molar-refractivity contribution in [2.75, 3.05) is 14.2 Å². The maximum Gasteiger partial charge on any atom is 0.330 e. The van der Waals surface area contributed by atoms with E-state index in [1.807, 2.05) is 37.3 Å². The third-order valence-electron chi connectivity index (χ3n) is 4.08.